The average molecular weight is 235 g/mol. The second-order valence-corrected chi connectivity index (χ2v) is 5.30. The molecule has 2 rings (SSSR count). The van der Waals surface area contributed by atoms with Gasteiger partial charge in [0, 0.05) is 5.92 Å². The lowest BCUT2D eigenvalue weighted by atomic mass is 9.92. The van der Waals surface area contributed by atoms with Crippen LogP contribution in [0.3, 0.4) is 0 Å². The van der Waals surface area contributed by atoms with Gasteiger partial charge in [0.2, 0.25) is 10.0 Å². The zero-order valence-corrected chi connectivity index (χ0v) is 9.52. The van der Waals surface area contributed by atoms with Crippen LogP contribution in [0.5, 0.6) is 0 Å². The van der Waals surface area contributed by atoms with Crippen molar-refractivity contribution in [3.8, 4) is 0 Å². The molecule has 0 bridgehead atoms. The Hall–Kier alpha value is -1.39. The summed E-state index contributed by atoms with van der Waals surface area (Å²) < 4.78 is 22.9. The topological polar surface area (TPSA) is 60.2 Å². The van der Waals surface area contributed by atoms with Crippen LogP contribution in [-0.2, 0) is 10.0 Å². The van der Waals surface area contributed by atoms with Gasteiger partial charge >= 0.3 is 0 Å². The Morgan fingerprint density at radius 3 is 2.50 bits per heavy atom. The van der Waals surface area contributed by atoms with Gasteiger partial charge in [0.15, 0.2) is 0 Å². The lowest BCUT2D eigenvalue weighted by Gasteiger charge is -2.20. The van der Waals surface area contributed by atoms with Crippen LogP contribution in [0.4, 0.5) is 0 Å². The first-order chi connectivity index (χ1) is 7.59. The smallest absolute Gasteiger partial charge is 0.225 e. The van der Waals surface area contributed by atoms with Crippen molar-refractivity contribution in [3.63, 3.8) is 0 Å². The van der Waals surface area contributed by atoms with E-state index in [1.165, 1.54) is 0 Å². The van der Waals surface area contributed by atoms with Gasteiger partial charge in [-0.25, -0.2) is 13.6 Å². The standard InChI is InChI=1S/C12H13NO2S/c13-16(14,15)12-9-5-4-8-11(12)10-6-2-1-3-7-10/h1-7,9,11H,8H2,(H2,13,14,15). The number of hydrogen-bond donors (Lipinski definition) is 1. The van der Waals surface area contributed by atoms with Crippen molar-refractivity contribution in [2.24, 2.45) is 5.14 Å². The summed E-state index contributed by atoms with van der Waals surface area (Å²) in [6, 6.07) is 9.54. The molecule has 0 aliphatic heterocycles. The van der Waals surface area contributed by atoms with E-state index in [1.807, 2.05) is 36.4 Å². The fourth-order valence-electron chi connectivity index (χ4n) is 1.89. The number of benzene rings is 1. The molecule has 0 saturated heterocycles. The van der Waals surface area contributed by atoms with Gasteiger partial charge in [-0.1, -0.05) is 42.5 Å². The van der Waals surface area contributed by atoms with E-state index in [-0.39, 0.29) is 5.92 Å². The number of hydrogen-bond acceptors (Lipinski definition) is 2. The molecule has 3 nitrogen and oxygen atoms in total. The number of nitrogens with two attached hydrogens (primary N) is 1. The normalized spacial score (nSPS) is 20.6. The van der Waals surface area contributed by atoms with Gasteiger partial charge in [0.1, 0.15) is 0 Å². The molecule has 0 fully saturated rings. The van der Waals surface area contributed by atoms with Gasteiger partial charge in [-0.2, -0.15) is 0 Å². The highest BCUT2D eigenvalue weighted by Crippen LogP contribution is 2.32. The number of primary sulfonamides is 1. The molecular formula is C12H13NO2S. The summed E-state index contributed by atoms with van der Waals surface area (Å²) in [5, 5.41) is 5.21. The molecule has 16 heavy (non-hydrogen) atoms. The molecule has 0 aromatic heterocycles. The highest BCUT2D eigenvalue weighted by molar-refractivity contribution is 7.93. The van der Waals surface area contributed by atoms with E-state index < -0.39 is 10.0 Å². The minimum Gasteiger partial charge on any atom is -0.225 e. The van der Waals surface area contributed by atoms with Crippen LogP contribution in [0.1, 0.15) is 17.9 Å². The predicted octanol–water partition coefficient (Wildman–Crippen LogP) is 1.90. The van der Waals surface area contributed by atoms with Crippen molar-refractivity contribution in [1.82, 2.24) is 0 Å². The van der Waals surface area contributed by atoms with E-state index in [0.717, 1.165) is 5.56 Å². The molecule has 0 radical (unpaired) electrons. The fraction of sp³-hybridized carbons (Fsp3) is 0.167. The lowest BCUT2D eigenvalue weighted by molar-refractivity contribution is 0.598. The summed E-state index contributed by atoms with van der Waals surface area (Å²) >= 11 is 0. The predicted molar refractivity (Wildman–Crippen MR) is 64.1 cm³/mol. The van der Waals surface area contributed by atoms with Crippen molar-refractivity contribution in [1.29, 1.82) is 0 Å². The number of rotatable bonds is 2. The molecule has 1 atom stereocenters. The van der Waals surface area contributed by atoms with Crippen LogP contribution in [0.25, 0.3) is 0 Å². The Morgan fingerprint density at radius 1 is 1.19 bits per heavy atom. The minimum absolute atomic E-state index is 0.152. The molecule has 0 saturated carbocycles. The molecule has 84 valence electrons. The van der Waals surface area contributed by atoms with Gasteiger partial charge in [-0.3, -0.25) is 0 Å². The molecule has 0 heterocycles. The first kappa shape index (κ1) is 11.1. The Bertz CT molecular complexity index is 529. The minimum atomic E-state index is -3.61. The molecule has 1 aliphatic rings. The maximum Gasteiger partial charge on any atom is 0.234 e. The van der Waals surface area contributed by atoms with E-state index in [4.69, 9.17) is 5.14 Å². The highest BCUT2D eigenvalue weighted by Gasteiger charge is 2.25. The van der Waals surface area contributed by atoms with E-state index >= 15 is 0 Å². The van der Waals surface area contributed by atoms with Gasteiger partial charge in [-0.05, 0) is 18.1 Å². The van der Waals surface area contributed by atoms with Crippen LogP contribution in [0.2, 0.25) is 0 Å². The van der Waals surface area contributed by atoms with Crippen LogP contribution in [-0.4, -0.2) is 8.42 Å². The first-order valence-corrected chi connectivity index (χ1v) is 6.58. The van der Waals surface area contributed by atoms with Crippen LogP contribution in [0.15, 0.2) is 53.5 Å². The average Bonchev–Trinajstić information content (AvgIpc) is 2.29. The van der Waals surface area contributed by atoms with Crippen LogP contribution < -0.4 is 5.14 Å². The van der Waals surface area contributed by atoms with Crippen molar-refractivity contribution >= 4 is 10.0 Å². The van der Waals surface area contributed by atoms with Crippen LogP contribution >= 0.6 is 0 Å². The van der Waals surface area contributed by atoms with Crippen molar-refractivity contribution in [2.45, 2.75) is 12.3 Å². The number of allylic oxidation sites excluding steroid dienone is 4. The molecule has 2 N–H and O–H groups in total. The van der Waals surface area contributed by atoms with Gasteiger partial charge in [0.25, 0.3) is 0 Å². The Kier molecular flexibility index (Phi) is 2.94. The van der Waals surface area contributed by atoms with Crippen molar-refractivity contribution in [2.75, 3.05) is 0 Å². The molecule has 1 aromatic carbocycles. The second kappa shape index (κ2) is 4.23. The summed E-state index contributed by atoms with van der Waals surface area (Å²) in [6.07, 6.45) is 5.94. The number of sulfonamides is 1. The summed E-state index contributed by atoms with van der Waals surface area (Å²) in [5.41, 5.74) is 0.979. The third kappa shape index (κ3) is 2.23. The Labute approximate surface area is 95.3 Å². The summed E-state index contributed by atoms with van der Waals surface area (Å²) in [7, 11) is -3.61. The van der Waals surface area contributed by atoms with E-state index in [9.17, 15) is 8.42 Å². The quantitative estimate of drug-likeness (QED) is 0.851. The monoisotopic (exact) mass is 235 g/mol. The lowest BCUT2D eigenvalue weighted by Crippen LogP contribution is -2.20. The zero-order chi connectivity index (χ0) is 11.6. The zero-order valence-electron chi connectivity index (χ0n) is 8.71. The van der Waals surface area contributed by atoms with Gasteiger partial charge in [-0.15, -0.1) is 0 Å². The first-order valence-electron chi connectivity index (χ1n) is 5.03. The summed E-state index contributed by atoms with van der Waals surface area (Å²) in [4.78, 5) is 0.293. The van der Waals surface area contributed by atoms with Crippen molar-refractivity contribution in [3.05, 3.63) is 59.0 Å². The highest BCUT2D eigenvalue weighted by atomic mass is 32.2. The fourth-order valence-corrected chi connectivity index (χ4v) is 2.79. The Balaban J connectivity index is 2.44. The Morgan fingerprint density at radius 2 is 1.88 bits per heavy atom. The van der Waals surface area contributed by atoms with E-state index in [2.05, 4.69) is 0 Å². The maximum atomic E-state index is 11.4. The molecule has 1 unspecified atom stereocenters. The van der Waals surface area contributed by atoms with E-state index in [0.29, 0.717) is 11.3 Å². The third-order valence-electron chi connectivity index (χ3n) is 2.64. The summed E-state index contributed by atoms with van der Waals surface area (Å²) in [6.45, 7) is 0. The third-order valence-corrected chi connectivity index (χ3v) is 3.72. The molecule has 1 aliphatic carbocycles. The SMILES string of the molecule is NS(=O)(=O)C1=CC=CCC1c1ccccc1. The van der Waals surface area contributed by atoms with Crippen molar-refractivity contribution < 1.29 is 8.42 Å². The molecule has 4 heteroatoms. The molecule has 1 aromatic rings. The second-order valence-electron chi connectivity index (χ2n) is 3.74. The largest absolute Gasteiger partial charge is 0.234 e. The summed E-state index contributed by atoms with van der Waals surface area (Å²) in [5.74, 6) is -0.152. The van der Waals surface area contributed by atoms with Gasteiger partial charge < -0.3 is 0 Å². The molecule has 0 amide bonds. The van der Waals surface area contributed by atoms with Gasteiger partial charge in [0.05, 0.1) is 4.91 Å². The maximum absolute atomic E-state index is 11.4. The molecule has 0 spiro atoms. The molecular weight excluding hydrogens is 222 g/mol. The van der Waals surface area contributed by atoms with Crippen LogP contribution in [0, 0.1) is 0 Å². The van der Waals surface area contributed by atoms with E-state index in [1.54, 1.807) is 12.2 Å².